The predicted molar refractivity (Wildman–Crippen MR) is 80.1 cm³/mol. The summed E-state index contributed by atoms with van der Waals surface area (Å²) < 4.78 is 1.98. The molecule has 0 aromatic carbocycles. The van der Waals surface area contributed by atoms with E-state index in [1.54, 1.807) is 6.33 Å². The molecule has 19 heavy (non-hydrogen) atoms. The average molecular weight is 266 g/mol. The first-order chi connectivity index (χ1) is 8.85. The van der Waals surface area contributed by atoms with Gasteiger partial charge >= 0.3 is 0 Å². The molecule has 2 atom stereocenters. The monoisotopic (exact) mass is 266 g/mol. The molecule has 1 aromatic rings. The van der Waals surface area contributed by atoms with Gasteiger partial charge in [0.05, 0.1) is 0 Å². The lowest BCUT2D eigenvalue weighted by molar-refractivity contribution is 0.276. The maximum absolute atomic E-state index is 4.37. The number of aryl methyl sites for hydroxylation is 1. The van der Waals surface area contributed by atoms with Gasteiger partial charge < -0.3 is 5.32 Å². The molecule has 0 spiro atoms. The second-order valence-electron chi connectivity index (χ2n) is 6.79. The van der Waals surface area contributed by atoms with Gasteiger partial charge in [-0.3, -0.25) is 4.68 Å². The van der Waals surface area contributed by atoms with Crippen molar-refractivity contribution >= 4 is 0 Å². The highest BCUT2D eigenvalue weighted by Crippen LogP contribution is 2.27. The Balaban J connectivity index is 2.54. The summed E-state index contributed by atoms with van der Waals surface area (Å²) in [5, 5.41) is 7.67. The normalized spacial score (nSPS) is 15.5. The fraction of sp³-hybridized carbons (Fsp3) is 0.867. The molecule has 0 aliphatic rings. The van der Waals surface area contributed by atoms with Crippen LogP contribution in [0.25, 0.3) is 0 Å². The molecular formula is C15H30N4. The van der Waals surface area contributed by atoms with E-state index in [0.717, 1.165) is 24.7 Å². The molecule has 0 saturated heterocycles. The van der Waals surface area contributed by atoms with Gasteiger partial charge in [-0.05, 0) is 38.1 Å². The number of hydrogen-bond acceptors (Lipinski definition) is 3. The molecule has 2 unspecified atom stereocenters. The van der Waals surface area contributed by atoms with E-state index in [9.17, 15) is 0 Å². The van der Waals surface area contributed by atoms with E-state index in [1.807, 2.05) is 11.7 Å². The lowest BCUT2D eigenvalue weighted by Crippen LogP contribution is -2.31. The van der Waals surface area contributed by atoms with Crippen molar-refractivity contribution < 1.29 is 0 Å². The Bertz CT molecular complexity index is 364. The largest absolute Gasteiger partial charge is 0.317 e. The third-order valence-corrected chi connectivity index (χ3v) is 3.48. The Hall–Kier alpha value is -0.900. The zero-order valence-corrected chi connectivity index (χ0v) is 13.4. The molecule has 0 aliphatic carbocycles. The van der Waals surface area contributed by atoms with Crippen LogP contribution in [0.3, 0.4) is 0 Å². The van der Waals surface area contributed by atoms with Gasteiger partial charge in [-0.15, -0.1) is 0 Å². The molecular weight excluding hydrogens is 236 g/mol. The van der Waals surface area contributed by atoms with E-state index in [4.69, 9.17) is 0 Å². The summed E-state index contributed by atoms with van der Waals surface area (Å²) in [5.41, 5.74) is 0.404. The number of nitrogens with one attached hydrogen (secondary N) is 1. The van der Waals surface area contributed by atoms with Crippen LogP contribution in [0.2, 0.25) is 0 Å². The van der Waals surface area contributed by atoms with Crippen LogP contribution in [0.1, 0.15) is 53.3 Å². The van der Waals surface area contributed by atoms with Crippen LogP contribution < -0.4 is 5.32 Å². The summed E-state index contributed by atoms with van der Waals surface area (Å²) in [6.45, 7) is 12.3. The van der Waals surface area contributed by atoms with Gasteiger partial charge in [-0.2, -0.15) is 5.10 Å². The minimum absolute atomic E-state index is 0.404. The molecule has 0 aliphatic heterocycles. The molecule has 4 heteroatoms. The average Bonchev–Trinajstić information content (AvgIpc) is 2.72. The summed E-state index contributed by atoms with van der Waals surface area (Å²) >= 11 is 0. The van der Waals surface area contributed by atoms with E-state index in [1.165, 1.54) is 12.8 Å². The van der Waals surface area contributed by atoms with Crippen molar-refractivity contribution in [3.05, 3.63) is 12.2 Å². The highest BCUT2D eigenvalue weighted by molar-refractivity contribution is 4.90. The SMILES string of the molecule is CCn1ncnc1CC(CC(C)CC(C)(C)C)NC. The van der Waals surface area contributed by atoms with Crippen LogP contribution in [-0.4, -0.2) is 27.9 Å². The van der Waals surface area contributed by atoms with E-state index in [0.29, 0.717) is 11.5 Å². The number of hydrogen-bond donors (Lipinski definition) is 1. The summed E-state index contributed by atoms with van der Waals surface area (Å²) in [4.78, 5) is 4.37. The fourth-order valence-corrected chi connectivity index (χ4v) is 2.85. The lowest BCUT2D eigenvalue weighted by atomic mass is 9.82. The molecule has 0 radical (unpaired) electrons. The second-order valence-corrected chi connectivity index (χ2v) is 6.79. The fourth-order valence-electron chi connectivity index (χ4n) is 2.85. The molecule has 0 fully saturated rings. The highest BCUT2D eigenvalue weighted by Gasteiger charge is 2.19. The molecule has 1 N–H and O–H groups in total. The first kappa shape index (κ1) is 16.2. The summed E-state index contributed by atoms with van der Waals surface area (Å²) in [6, 6.07) is 0.479. The number of likely N-dealkylation sites (N-methyl/N-ethyl adjacent to an activating group) is 1. The van der Waals surface area contributed by atoms with Gasteiger partial charge in [-0.25, -0.2) is 4.98 Å². The van der Waals surface area contributed by atoms with Crippen molar-refractivity contribution in [2.45, 2.75) is 66.5 Å². The van der Waals surface area contributed by atoms with E-state index in [2.05, 4.69) is 50.0 Å². The van der Waals surface area contributed by atoms with Gasteiger partial charge in [0.25, 0.3) is 0 Å². The third-order valence-electron chi connectivity index (χ3n) is 3.48. The molecule has 0 bridgehead atoms. The Labute approximate surface area is 118 Å². The van der Waals surface area contributed by atoms with E-state index >= 15 is 0 Å². The van der Waals surface area contributed by atoms with Gasteiger partial charge in [0.1, 0.15) is 12.2 Å². The van der Waals surface area contributed by atoms with Crippen LogP contribution in [0, 0.1) is 11.3 Å². The molecule has 1 rings (SSSR count). The topological polar surface area (TPSA) is 42.7 Å². The standard InChI is InChI=1S/C15H30N4/c1-7-19-14(17-11-18-19)9-13(16-6)8-12(2)10-15(3,4)5/h11-13,16H,7-10H2,1-6H3. The quantitative estimate of drug-likeness (QED) is 0.825. The Morgan fingerprint density at radius 3 is 2.58 bits per heavy atom. The maximum atomic E-state index is 4.37. The first-order valence-corrected chi connectivity index (χ1v) is 7.39. The van der Waals surface area contributed by atoms with E-state index < -0.39 is 0 Å². The summed E-state index contributed by atoms with van der Waals surface area (Å²) in [6.07, 6.45) is 5.05. The van der Waals surface area contributed by atoms with Crippen LogP contribution in [0.15, 0.2) is 6.33 Å². The smallest absolute Gasteiger partial charge is 0.138 e. The molecule has 1 heterocycles. The van der Waals surface area contributed by atoms with Crippen LogP contribution in [0.4, 0.5) is 0 Å². The Kier molecular flexibility index (Phi) is 5.98. The van der Waals surface area contributed by atoms with Crippen LogP contribution in [0.5, 0.6) is 0 Å². The van der Waals surface area contributed by atoms with Crippen LogP contribution in [-0.2, 0) is 13.0 Å². The number of aromatic nitrogens is 3. The number of nitrogens with zero attached hydrogens (tertiary/aromatic N) is 3. The maximum Gasteiger partial charge on any atom is 0.138 e. The Morgan fingerprint density at radius 1 is 1.37 bits per heavy atom. The summed E-state index contributed by atoms with van der Waals surface area (Å²) in [5.74, 6) is 1.81. The first-order valence-electron chi connectivity index (χ1n) is 7.39. The molecule has 110 valence electrons. The van der Waals surface area contributed by atoms with E-state index in [-0.39, 0.29) is 0 Å². The van der Waals surface area contributed by atoms with Crippen molar-refractivity contribution in [2.75, 3.05) is 7.05 Å². The molecule has 0 amide bonds. The van der Waals surface area contributed by atoms with Crippen molar-refractivity contribution in [3.8, 4) is 0 Å². The van der Waals surface area contributed by atoms with Gasteiger partial charge in [0, 0.05) is 19.0 Å². The zero-order valence-electron chi connectivity index (χ0n) is 13.4. The zero-order chi connectivity index (χ0) is 14.5. The van der Waals surface area contributed by atoms with Crippen molar-refractivity contribution in [1.29, 1.82) is 0 Å². The van der Waals surface area contributed by atoms with Gasteiger partial charge in [-0.1, -0.05) is 27.7 Å². The van der Waals surface area contributed by atoms with Gasteiger partial charge in [0.2, 0.25) is 0 Å². The van der Waals surface area contributed by atoms with Crippen molar-refractivity contribution in [3.63, 3.8) is 0 Å². The molecule has 1 aromatic heterocycles. The highest BCUT2D eigenvalue weighted by atomic mass is 15.3. The minimum Gasteiger partial charge on any atom is -0.317 e. The van der Waals surface area contributed by atoms with Crippen molar-refractivity contribution in [1.82, 2.24) is 20.1 Å². The van der Waals surface area contributed by atoms with Gasteiger partial charge in [0.15, 0.2) is 0 Å². The van der Waals surface area contributed by atoms with Crippen molar-refractivity contribution in [2.24, 2.45) is 11.3 Å². The lowest BCUT2D eigenvalue weighted by Gasteiger charge is -2.26. The number of rotatable bonds is 7. The van der Waals surface area contributed by atoms with Crippen LogP contribution >= 0.6 is 0 Å². The predicted octanol–water partition coefficient (Wildman–Crippen LogP) is 2.89. The summed E-state index contributed by atoms with van der Waals surface area (Å²) in [7, 11) is 2.04. The second kappa shape index (κ2) is 7.04. The molecule has 4 nitrogen and oxygen atoms in total. The third kappa shape index (κ3) is 5.72. The minimum atomic E-state index is 0.404. The molecule has 0 saturated carbocycles. The Morgan fingerprint density at radius 2 is 2.05 bits per heavy atom.